The van der Waals surface area contributed by atoms with Crippen LogP contribution in [0.4, 0.5) is 20.2 Å². The van der Waals surface area contributed by atoms with Crippen molar-refractivity contribution in [3.63, 3.8) is 0 Å². The Hall–Kier alpha value is -2.61. The molecule has 2 aromatic carbocycles. The molecular weight excluding hydrogens is 338 g/mol. The fourth-order valence-corrected chi connectivity index (χ4v) is 2.16. The summed E-state index contributed by atoms with van der Waals surface area (Å²) in [6.07, 6.45) is 0. The summed E-state index contributed by atoms with van der Waals surface area (Å²) in [5, 5.41) is 5.96. The van der Waals surface area contributed by atoms with E-state index in [0.717, 1.165) is 0 Å². The van der Waals surface area contributed by atoms with Gasteiger partial charge >= 0.3 is 6.61 Å². The first-order valence-electron chi connectivity index (χ1n) is 6.86. The van der Waals surface area contributed by atoms with Crippen LogP contribution in [0, 0.1) is 0 Å². The van der Waals surface area contributed by atoms with Crippen LogP contribution in [0.2, 0.25) is 0 Å². The maximum Gasteiger partial charge on any atom is 0.387 e. The molecule has 0 bridgehead atoms. The van der Waals surface area contributed by atoms with Crippen molar-refractivity contribution in [1.82, 2.24) is 0 Å². The molecule has 8 heteroatoms. The van der Waals surface area contributed by atoms with Gasteiger partial charge in [-0.15, -0.1) is 0 Å². The van der Waals surface area contributed by atoms with Gasteiger partial charge in [-0.25, -0.2) is 0 Å². The molecule has 0 atom stereocenters. The largest absolute Gasteiger partial charge is 0.497 e. The quantitative estimate of drug-likeness (QED) is 0.762. The smallest absolute Gasteiger partial charge is 0.387 e. The molecule has 2 N–H and O–H groups in total. The zero-order chi connectivity index (χ0) is 17.5. The maximum absolute atomic E-state index is 12.4. The summed E-state index contributed by atoms with van der Waals surface area (Å²) in [5.41, 5.74) is 0.945. The number of hydrogen-bond donors (Lipinski definition) is 2. The molecule has 0 saturated heterocycles. The van der Waals surface area contributed by atoms with Gasteiger partial charge in [-0.2, -0.15) is 8.78 Å². The fourth-order valence-electron chi connectivity index (χ4n) is 1.93. The molecule has 2 rings (SSSR count). The molecule has 2 aromatic rings. The van der Waals surface area contributed by atoms with Gasteiger partial charge in [0, 0.05) is 23.9 Å². The van der Waals surface area contributed by atoms with Gasteiger partial charge < -0.3 is 24.8 Å². The van der Waals surface area contributed by atoms with E-state index in [-0.39, 0.29) is 10.9 Å². The van der Waals surface area contributed by atoms with Crippen LogP contribution in [-0.4, -0.2) is 25.9 Å². The normalized spacial score (nSPS) is 10.2. The zero-order valence-corrected chi connectivity index (χ0v) is 13.8. The molecule has 0 saturated carbocycles. The van der Waals surface area contributed by atoms with Crippen molar-refractivity contribution in [1.29, 1.82) is 0 Å². The highest BCUT2D eigenvalue weighted by Crippen LogP contribution is 2.28. The van der Waals surface area contributed by atoms with E-state index in [1.807, 2.05) is 0 Å². The number of methoxy groups -OCH3 is 2. The minimum atomic E-state index is -2.92. The molecule has 0 aliphatic heterocycles. The Balaban J connectivity index is 2.11. The predicted octanol–water partition coefficient (Wildman–Crippen LogP) is 4.11. The number of thiocarbonyl (C=S) groups is 1. The topological polar surface area (TPSA) is 51.8 Å². The second-order valence-electron chi connectivity index (χ2n) is 4.56. The second kappa shape index (κ2) is 8.30. The lowest BCUT2D eigenvalue weighted by Gasteiger charge is -2.15. The van der Waals surface area contributed by atoms with Crippen molar-refractivity contribution in [2.75, 3.05) is 24.9 Å². The van der Waals surface area contributed by atoms with Crippen LogP contribution < -0.4 is 24.8 Å². The Bertz CT molecular complexity index is 691. The molecule has 0 heterocycles. The van der Waals surface area contributed by atoms with Crippen LogP contribution in [0.1, 0.15) is 0 Å². The lowest BCUT2D eigenvalue weighted by molar-refractivity contribution is -0.0493. The second-order valence-corrected chi connectivity index (χ2v) is 4.96. The van der Waals surface area contributed by atoms with Crippen LogP contribution in [0.5, 0.6) is 17.2 Å². The van der Waals surface area contributed by atoms with Gasteiger partial charge in [0.25, 0.3) is 0 Å². The number of anilines is 2. The summed E-state index contributed by atoms with van der Waals surface area (Å²) >= 11 is 5.20. The maximum atomic E-state index is 12.4. The SMILES string of the molecule is COc1cc(NC(=S)Nc2ccccc2OC(F)F)cc(OC)c1. The van der Waals surface area contributed by atoms with Crippen LogP contribution >= 0.6 is 12.2 Å². The summed E-state index contributed by atoms with van der Waals surface area (Å²) in [4.78, 5) is 0. The summed E-state index contributed by atoms with van der Waals surface area (Å²) in [6.45, 7) is -2.92. The average Bonchev–Trinajstić information content (AvgIpc) is 2.55. The van der Waals surface area contributed by atoms with Crippen molar-refractivity contribution < 1.29 is 23.0 Å². The number of rotatable bonds is 6. The molecule has 0 fully saturated rings. The summed E-state index contributed by atoms with van der Waals surface area (Å²) < 4.78 is 39.6. The highest BCUT2D eigenvalue weighted by atomic mass is 32.1. The molecule has 0 spiro atoms. The standard InChI is InChI=1S/C16H16F2N2O3S/c1-21-11-7-10(8-12(9-11)22-2)19-16(24)20-13-5-3-4-6-14(13)23-15(17)18/h3-9,15H,1-2H3,(H2,19,20,24). The van der Waals surface area contributed by atoms with Crippen molar-refractivity contribution in [2.45, 2.75) is 6.61 Å². The van der Waals surface area contributed by atoms with Crippen LogP contribution in [0.25, 0.3) is 0 Å². The van der Waals surface area contributed by atoms with Crippen molar-refractivity contribution in [3.05, 3.63) is 42.5 Å². The van der Waals surface area contributed by atoms with Gasteiger partial charge in [-0.05, 0) is 24.4 Å². The minimum absolute atomic E-state index is 0.000118. The van der Waals surface area contributed by atoms with Crippen molar-refractivity contribution in [2.24, 2.45) is 0 Å². The number of alkyl halides is 2. The lowest BCUT2D eigenvalue weighted by Crippen LogP contribution is -2.20. The number of hydrogen-bond acceptors (Lipinski definition) is 4. The van der Waals surface area contributed by atoms with E-state index in [9.17, 15) is 8.78 Å². The van der Waals surface area contributed by atoms with Crippen molar-refractivity contribution in [3.8, 4) is 17.2 Å². The van der Waals surface area contributed by atoms with Gasteiger partial charge in [0.05, 0.1) is 19.9 Å². The van der Waals surface area contributed by atoms with Gasteiger partial charge in [-0.1, -0.05) is 12.1 Å². The molecule has 0 aliphatic carbocycles. The van der Waals surface area contributed by atoms with Gasteiger partial charge in [-0.3, -0.25) is 0 Å². The summed E-state index contributed by atoms with van der Waals surface area (Å²) in [6, 6.07) is 11.4. The summed E-state index contributed by atoms with van der Waals surface area (Å²) in [7, 11) is 3.07. The van der Waals surface area contributed by atoms with Crippen molar-refractivity contribution >= 4 is 28.7 Å². The molecule has 128 valence electrons. The lowest BCUT2D eigenvalue weighted by atomic mass is 10.2. The number of nitrogens with one attached hydrogen (secondary N) is 2. The van der Waals surface area contributed by atoms with E-state index in [1.165, 1.54) is 20.3 Å². The average molecular weight is 354 g/mol. The Morgan fingerprint density at radius 2 is 1.62 bits per heavy atom. The van der Waals surface area contributed by atoms with E-state index < -0.39 is 6.61 Å². The Labute approximate surface area is 143 Å². The number of halogens is 2. The number of ether oxygens (including phenoxy) is 3. The molecule has 0 radical (unpaired) electrons. The Morgan fingerprint density at radius 1 is 1.00 bits per heavy atom. The Morgan fingerprint density at radius 3 is 2.21 bits per heavy atom. The first kappa shape index (κ1) is 17.7. The first-order chi connectivity index (χ1) is 11.5. The van der Waals surface area contributed by atoms with Crippen LogP contribution in [-0.2, 0) is 0 Å². The first-order valence-corrected chi connectivity index (χ1v) is 7.27. The van der Waals surface area contributed by atoms with Crippen LogP contribution in [0.3, 0.4) is 0 Å². The third-order valence-electron chi connectivity index (χ3n) is 2.96. The molecule has 0 unspecified atom stereocenters. The minimum Gasteiger partial charge on any atom is -0.497 e. The monoisotopic (exact) mass is 354 g/mol. The van der Waals surface area contributed by atoms with Gasteiger partial charge in [0.2, 0.25) is 0 Å². The molecule has 24 heavy (non-hydrogen) atoms. The third kappa shape index (κ3) is 4.95. The predicted molar refractivity (Wildman–Crippen MR) is 92.5 cm³/mol. The molecular formula is C16H16F2N2O3S. The van der Waals surface area contributed by atoms with Gasteiger partial charge in [0.15, 0.2) is 5.11 Å². The van der Waals surface area contributed by atoms with E-state index in [0.29, 0.717) is 22.9 Å². The highest BCUT2D eigenvalue weighted by molar-refractivity contribution is 7.80. The number of para-hydroxylation sites is 2. The van der Waals surface area contributed by atoms with Crippen LogP contribution in [0.15, 0.2) is 42.5 Å². The van der Waals surface area contributed by atoms with Gasteiger partial charge in [0.1, 0.15) is 17.2 Å². The number of benzene rings is 2. The highest BCUT2D eigenvalue weighted by Gasteiger charge is 2.10. The molecule has 5 nitrogen and oxygen atoms in total. The van der Waals surface area contributed by atoms with E-state index in [4.69, 9.17) is 21.7 Å². The fraction of sp³-hybridized carbons (Fsp3) is 0.188. The zero-order valence-electron chi connectivity index (χ0n) is 13.0. The third-order valence-corrected chi connectivity index (χ3v) is 3.16. The molecule has 0 amide bonds. The van der Waals surface area contributed by atoms with E-state index >= 15 is 0 Å². The van der Waals surface area contributed by atoms with E-state index in [2.05, 4.69) is 15.4 Å². The van der Waals surface area contributed by atoms with E-state index in [1.54, 1.807) is 36.4 Å². The summed E-state index contributed by atoms with van der Waals surface area (Å²) in [5.74, 6) is 1.17. The Kier molecular flexibility index (Phi) is 6.14. The molecule has 0 aromatic heterocycles. The molecule has 0 aliphatic rings.